The standard InChI is InChI=1S/C26H27N3O6/c30-22(12-7-19-5-2-1-3-6-19)23-24(20-8-10-21(11-9-20)29(33)34)28(26(32)25(23)31)14-4-13-27-15-17-35-18-16-27/h1-3,5-12,24,31H,4,13-18H2/b12-7+. The number of hydrogen-bond acceptors (Lipinski definition) is 7. The molecule has 1 saturated heterocycles. The summed E-state index contributed by atoms with van der Waals surface area (Å²) in [5.74, 6) is -1.69. The molecule has 4 rings (SSSR count). The second-order valence-electron chi connectivity index (χ2n) is 8.43. The second kappa shape index (κ2) is 11.1. The molecule has 2 aliphatic heterocycles. The zero-order chi connectivity index (χ0) is 24.8. The predicted molar refractivity (Wildman–Crippen MR) is 130 cm³/mol. The summed E-state index contributed by atoms with van der Waals surface area (Å²) in [6.07, 6.45) is 3.61. The number of aliphatic hydroxyl groups excluding tert-OH is 1. The Morgan fingerprint density at radius 2 is 1.77 bits per heavy atom. The van der Waals surface area contributed by atoms with E-state index in [-0.39, 0.29) is 11.3 Å². The van der Waals surface area contributed by atoms with Crippen LogP contribution >= 0.6 is 0 Å². The Balaban J connectivity index is 1.59. The minimum absolute atomic E-state index is 0.0255. The molecule has 2 aromatic rings. The first-order valence-electron chi connectivity index (χ1n) is 11.5. The lowest BCUT2D eigenvalue weighted by atomic mass is 9.95. The lowest BCUT2D eigenvalue weighted by Crippen LogP contribution is -2.39. The van der Waals surface area contributed by atoms with Gasteiger partial charge in [0, 0.05) is 38.3 Å². The summed E-state index contributed by atoms with van der Waals surface area (Å²) in [6, 6.07) is 14.1. The van der Waals surface area contributed by atoms with Crippen LogP contribution in [0.1, 0.15) is 23.6 Å². The molecule has 0 spiro atoms. The van der Waals surface area contributed by atoms with Crippen LogP contribution in [0.25, 0.3) is 6.08 Å². The summed E-state index contributed by atoms with van der Waals surface area (Å²) in [4.78, 5) is 40.5. The van der Waals surface area contributed by atoms with E-state index in [1.807, 2.05) is 30.3 Å². The van der Waals surface area contributed by atoms with Crippen molar-refractivity contribution >= 4 is 23.5 Å². The van der Waals surface area contributed by atoms with Gasteiger partial charge in [0.25, 0.3) is 11.6 Å². The fourth-order valence-electron chi connectivity index (χ4n) is 4.38. The number of carbonyl (C=O) groups is 2. The number of aliphatic hydroxyl groups is 1. The molecule has 182 valence electrons. The van der Waals surface area contributed by atoms with Gasteiger partial charge in [-0.2, -0.15) is 0 Å². The number of ketones is 1. The first-order valence-corrected chi connectivity index (χ1v) is 11.5. The van der Waals surface area contributed by atoms with Crippen LogP contribution in [0.2, 0.25) is 0 Å². The van der Waals surface area contributed by atoms with Crippen LogP contribution in [-0.4, -0.2) is 70.9 Å². The van der Waals surface area contributed by atoms with E-state index in [9.17, 15) is 24.8 Å². The highest BCUT2D eigenvalue weighted by molar-refractivity contribution is 6.14. The van der Waals surface area contributed by atoms with Crippen molar-refractivity contribution in [2.75, 3.05) is 39.4 Å². The molecule has 2 heterocycles. The number of ether oxygens (including phenoxy) is 1. The van der Waals surface area contributed by atoms with Gasteiger partial charge in [0.15, 0.2) is 11.5 Å². The smallest absolute Gasteiger partial charge is 0.290 e. The van der Waals surface area contributed by atoms with Crippen molar-refractivity contribution in [1.82, 2.24) is 9.80 Å². The highest BCUT2D eigenvalue weighted by atomic mass is 16.6. The van der Waals surface area contributed by atoms with Crippen LogP contribution in [0.3, 0.4) is 0 Å². The Hall–Kier alpha value is -3.82. The van der Waals surface area contributed by atoms with E-state index in [0.717, 1.165) is 25.2 Å². The lowest BCUT2D eigenvalue weighted by molar-refractivity contribution is -0.384. The van der Waals surface area contributed by atoms with Gasteiger partial charge in [-0.05, 0) is 35.8 Å². The topological polar surface area (TPSA) is 113 Å². The molecular weight excluding hydrogens is 450 g/mol. The minimum Gasteiger partial charge on any atom is -0.503 e. The van der Waals surface area contributed by atoms with Gasteiger partial charge < -0.3 is 14.7 Å². The summed E-state index contributed by atoms with van der Waals surface area (Å²) in [5.41, 5.74) is 1.21. The van der Waals surface area contributed by atoms with Crippen molar-refractivity contribution in [3.8, 4) is 0 Å². The maximum absolute atomic E-state index is 13.2. The Labute approximate surface area is 203 Å². The molecule has 0 bridgehead atoms. The van der Waals surface area contributed by atoms with Crippen molar-refractivity contribution in [3.05, 3.63) is 93.2 Å². The summed E-state index contributed by atoms with van der Waals surface area (Å²) < 4.78 is 5.37. The van der Waals surface area contributed by atoms with Crippen molar-refractivity contribution in [3.63, 3.8) is 0 Å². The van der Waals surface area contributed by atoms with Gasteiger partial charge in [0.1, 0.15) is 0 Å². The van der Waals surface area contributed by atoms with Gasteiger partial charge in [-0.1, -0.05) is 36.4 Å². The van der Waals surface area contributed by atoms with E-state index in [2.05, 4.69) is 4.90 Å². The largest absolute Gasteiger partial charge is 0.503 e. The molecule has 35 heavy (non-hydrogen) atoms. The molecule has 0 aliphatic carbocycles. The molecule has 2 aliphatic rings. The molecule has 1 fully saturated rings. The monoisotopic (exact) mass is 477 g/mol. The second-order valence-corrected chi connectivity index (χ2v) is 8.43. The van der Waals surface area contributed by atoms with E-state index in [1.165, 1.54) is 35.2 Å². The maximum atomic E-state index is 13.2. The van der Waals surface area contributed by atoms with E-state index < -0.39 is 28.4 Å². The number of morpholine rings is 1. The molecule has 0 saturated carbocycles. The quantitative estimate of drug-likeness (QED) is 0.335. The van der Waals surface area contributed by atoms with Crippen LogP contribution in [0.5, 0.6) is 0 Å². The normalized spacial score (nSPS) is 19.0. The molecule has 2 aromatic carbocycles. The molecule has 1 unspecified atom stereocenters. The summed E-state index contributed by atoms with van der Waals surface area (Å²) in [7, 11) is 0. The molecule has 1 amide bonds. The van der Waals surface area contributed by atoms with E-state index >= 15 is 0 Å². The zero-order valence-corrected chi connectivity index (χ0v) is 19.2. The van der Waals surface area contributed by atoms with Crippen molar-refractivity contribution in [2.45, 2.75) is 12.5 Å². The van der Waals surface area contributed by atoms with Crippen LogP contribution < -0.4 is 0 Å². The van der Waals surface area contributed by atoms with Crippen LogP contribution in [0, 0.1) is 10.1 Å². The average Bonchev–Trinajstić information content (AvgIpc) is 3.13. The third-order valence-electron chi connectivity index (χ3n) is 6.19. The maximum Gasteiger partial charge on any atom is 0.290 e. The average molecular weight is 478 g/mol. The number of rotatable bonds is 9. The lowest BCUT2D eigenvalue weighted by Gasteiger charge is -2.29. The molecular formula is C26H27N3O6. The molecule has 1 N–H and O–H groups in total. The van der Waals surface area contributed by atoms with Gasteiger partial charge in [0.2, 0.25) is 0 Å². The number of nitro benzene ring substituents is 1. The molecule has 0 aromatic heterocycles. The number of non-ortho nitro benzene ring substituents is 1. The molecule has 1 atom stereocenters. The van der Waals surface area contributed by atoms with Gasteiger partial charge in [-0.25, -0.2) is 0 Å². The SMILES string of the molecule is O=C(/C=C/c1ccccc1)C1=C(O)C(=O)N(CCCN2CCOCC2)C1c1ccc([N+](=O)[O-])cc1. The Kier molecular flexibility index (Phi) is 7.69. The first kappa shape index (κ1) is 24.3. The van der Waals surface area contributed by atoms with Gasteiger partial charge in [-0.15, -0.1) is 0 Å². The fourth-order valence-corrected chi connectivity index (χ4v) is 4.38. The zero-order valence-electron chi connectivity index (χ0n) is 19.2. The number of carbonyl (C=O) groups excluding carboxylic acids is 2. The Bertz CT molecular complexity index is 1140. The van der Waals surface area contributed by atoms with Crippen LogP contribution in [0.15, 0.2) is 72.0 Å². The summed E-state index contributed by atoms with van der Waals surface area (Å²) >= 11 is 0. The number of nitro groups is 1. The predicted octanol–water partition coefficient (Wildman–Crippen LogP) is 3.30. The number of nitrogens with zero attached hydrogens (tertiary/aromatic N) is 3. The van der Waals surface area contributed by atoms with E-state index in [0.29, 0.717) is 31.7 Å². The number of amides is 1. The summed E-state index contributed by atoms with van der Waals surface area (Å²) in [5, 5.41) is 21.8. The Morgan fingerprint density at radius 3 is 2.43 bits per heavy atom. The van der Waals surface area contributed by atoms with Gasteiger partial charge in [0.05, 0.1) is 29.8 Å². The number of benzene rings is 2. The highest BCUT2D eigenvalue weighted by Crippen LogP contribution is 2.38. The van der Waals surface area contributed by atoms with Crippen molar-refractivity contribution in [2.24, 2.45) is 0 Å². The number of allylic oxidation sites excluding steroid dienone is 1. The first-order chi connectivity index (χ1) is 17.0. The minimum atomic E-state index is -0.832. The molecule has 0 radical (unpaired) electrons. The van der Waals surface area contributed by atoms with Crippen molar-refractivity contribution in [1.29, 1.82) is 0 Å². The summed E-state index contributed by atoms with van der Waals surface area (Å²) in [6.45, 7) is 4.04. The van der Waals surface area contributed by atoms with Crippen molar-refractivity contribution < 1.29 is 24.4 Å². The van der Waals surface area contributed by atoms with E-state index in [1.54, 1.807) is 6.08 Å². The van der Waals surface area contributed by atoms with Gasteiger partial charge >= 0.3 is 0 Å². The molecule has 9 nitrogen and oxygen atoms in total. The molecule has 9 heteroatoms. The van der Waals surface area contributed by atoms with Gasteiger partial charge in [-0.3, -0.25) is 24.6 Å². The highest BCUT2D eigenvalue weighted by Gasteiger charge is 2.42. The third-order valence-corrected chi connectivity index (χ3v) is 6.19. The van der Waals surface area contributed by atoms with Crippen LogP contribution in [-0.2, 0) is 14.3 Å². The van der Waals surface area contributed by atoms with E-state index in [4.69, 9.17) is 4.74 Å². The Morgan fingerprint density at radius 1 is 1.09 bits per heavy atom. The number of hydrogen-bond donors (Lipinski definition) is 1. The fraction of sp³-hybridized carbons (Fsp3) is 0.308. The van der Waals surface area contributed by atoms with Crippen LogP contribution in [0.4, 0.5) is 5.69 Å². The third kappa shape index (κ3) is 5.64.